The monoisotopic (exact) mass is 198 g/mol. The Hall–Kier alpha value is -1.06. The minimum Gasteiger partial charge on any atom is -0.292 e. The van der Waals surface area contributed by atoms with Gasteiger partial charge in [0.25, 0.3) is 0 Å². The first kappa shape index (κ1) is 10.0. The molecule has 2 N–H and O–H groups in total. The van der Waals surface area contributed by atoms with Crippen LogP contribution in [0.3, 0.4) is 0 Å². The second-order valence-corrected chi connectivity index (χ2v) is 2.97. The highest BCUT2D eigenvalue weighted by molar-refractivity contribution is 6.31. The smallest absolute Gasteiger partial charge is 0.238 e. The number of amides is 1. The Labute approximate surface area is 82.1 Å². The van der Waals surface area contributed by atoms with Gasteiger partial charge in [-0.1, -0.05) is 29.8 Å². The van der Waals surface area contributed by atoms with E-state index in [0.29, 0.717) is 11.4 Å². The Bertz CT molecular complexity index is 301. The Morgan fingerprint density at radius 1 is 1.46 bits per heavy atom. The maximum absolute atomic E-state index is 11.1. The molecule has 0 spiro atoms. The number of hydrazine groups is 1. The van der Waals surface area contributed by atoms with Crippen molar-refractivity contribution in [3.05, 3.63) is 34.9 Å². The summed E-state index contributed by atoms with van der Waals surface area (Å²) < 4.78 is 0. The number of rotatable bonds is 3. The van der Waals surface area contributed by atoms with Gasteiger partial charge in [-0.2, -0.15) is 0 Å². The number of hydrogen-bond acceptors (Lipinski definition) is 2. The SMILES string of the molecule is CNNC(=O)Cc1ccccc1Cl. The molecule has 0 unspecified atom stereocenters. The maximum Gasteiger partial charge on any atom is 0.238 e. The summed E-state index contributed by atoms with van der Waals surface area (Å²) >= 11 is 5.87. The third-order valence-corrected chi connectivity index (χ3v) is 1.94. The van der Waals surface area contributed by atoms with E-state index in [9.17, 15) is 4.79 Å². The first-order valence-electron chi connectivity index (χ1n) is 3.93. The summed E-state index contributed by atoms with van der Waals surface area (Å²) in [5.41, 5.74) is 5.87. The van der Waals surface area contributed by atoms with Crippen LogP contribution in [0.2, 0.25) is 5.02 Å². The molecule has 1 amide bonds. The van der Waals surface area contributed by atoms with Crippen molar-refractivity contribution in [2.24, 2.45) is 0 Å². The van der Waals surface area contributed by atoms with Gasteiger partial charge in [-0.05, 0) is 11.6 Å². The molecule has 0 aromatic heterocycles. The number of carbonyl (C=O) groups is 1. The van der Waals surface area contributed by atoms with Crippen LogP contribution in [0.15, 0.2) is 24.3 Å². The number of carbonyl (C=O) groups excluding carboxylic acids is 1. The van der Waals surface area contributed by atoms with Crippen molar-refractivity contribution in [1.29, 1.82) is 0 Å². The highest BCUT2D eigenvalue weighted by atomic mass is 35.5. The largest absolute Gasteiger partial charge is 0.292 e. The molecular formula is C9H11ClN2O. The zero-order valence-electron chi connectivity index (χ0n) is 7.30. The average molecular weight is 199 g/mol. The summed E-state index contributed by atoms with van der Waals surface area (Å²) in [4.78, 5) is 11.1. The molecule has 1 aromatic carbocycles. The maximum atomic E-state index is 11.1. The number of nitrogens with one attached hydrogen (secondary N) is 2. The normalized spacial score (nSPS) is 9.69. The van der Waals surface area contributed by atoms with E-state index in [-0.39, 0.29) is 5.91 Å². The van der Waals surface area contributed by atoms with E-state index in [1.807, 2.05) is 18.2 Å². The van der Waals surface area contributed by atoms with Gasteiger partial charge in [-0.3, -0.25) is 10.2 Å². The molecule has 0 aliphatic carbocycles. The van der Waals surface area contributed by atoms with Crippen molar-refractivity contribution in [2.45, 2.75) is 6.42 Å². The molecule has 1 aromatic rings. The van der Waals surface area contributed by atoms with E-state index >= 15 is 0 Å². The summed E-state index contributed by atoms with van der Waals surface area (Å²) in [6, 6.07) is 7.29. The summed E-state index contributed by atoms with van der Waals surface area (Å²) in [5.74, 6) is -0.101. The van der Waals surface area contributed by atoms with Crippen LogP contribution >= 0.6 is 11.6 Å². The molecule has 1 rings (SSSR count). The van der Waals surface area contributed by atoms with Crippen LogP contribution in [0.1, 0.15) is 5.56 Å². The standard InChI is InChI=1S/C9H11ClN2O/c1-11-12-9(13)6-7-4-2-3-5-8(7)10/h2-5,11H,6H2,1H3,(H,12,13). The molecule has 70 valence electrons. The third-order valence-electron chi connectivity index (χ3n) is 1.57. The van der Waals surface area contributed by atoms with Gasteiger partial charge in [0.1, 0.15) is 0 Å². The summed E-state index contributed by atoms with van der Waals surface area (Å²) in [6.45, 7) is 0. The lowest BCUT2D eigenvalue weighted by Gasteiger charge is -2.04. The van der Waals surface area contributed by atoms with Crippen LogP contribution in [0, 0.1) is 0 Å². The summed E-state index contributed by atoms with van der Waals surface area (Å²) in [6.07, 6.45) is 0.292. The highest BCUT2D eigenvalue weighted by Gasteiger charge is 2.04. The average Bonchev–Trinajstić information content (AvgIpc) is 2.09. The molecule has 13 heavy (non-hydrogen) atoms. The van der Waals surface area contributed by atoms with E-state index in [1.165, 1.54) is 0 Å². The molecule has 0 aliphatic rings. The molecule has 0 radical (unpaired) electrons. The fourth-order valence-electron chi connectivity index (χ4n) is 0.998. The fraction of sp³-hybridized carbons (Fsp3) is 0.222. The van der Waals surface area contributed by atoms with E-state index in [1.54, 1.807) is 13.1 Å². The third kappa shape index (κ3) is 3.05. The molecule has 0 heterocycles. The van der Waals surface area contributed by atoms with Crippen LogP contribution < -0.4 is 10.9 Å². The van der Waals surface area contributed by atoms with Gasteiger partial charge in [0, 0.05) is 12.1 Å². The molecular weight excluding hydrogens is 188 g/mol. The second-order valence-electron chi connectivity index (χ2n) is 2.57. The molecule has 0 bridgehead atoms. The van der Waals surface area contributed by atoms with Crippen molar-refractivity contribution in [2.75, 3.05) is 7.05 Å². The first-order valence-corrected chi connectivity index (χ1v) is 4.31. The van der Waals surface area contributed by atoms with Gasteiger partial charge in [0.05, 0.1) is 6.42 Å². The van der Waals surface area contributed by atoms with Gasteiger partial charge in [-0.25, -0.2) is 5.43 Å². The van der Waals surface area contributed by atoms with E-state index in [0.717, 1.165) is 5.56 Å². The zero-order chi connectivity index (χ0) is 9.68. The molecule has 3 nitrogen and oxygen atoms in total. The number of halogens is 1. The Morgan fingerprint density at radius 2 is 2.15 bits per heavy atom. The predicted molar refractivity (Wildman–Crippen MR) is 52.4 cm³/mol. The molecule has 0 aliphatic heterocycles. The van der Waals surface area contributed by atoms with Crippen molar-refractivity contribution < 1.29 is 4.79 Å². The van der Waals surface area contributed by atoms with Gasteiger partial charge < -0.3 is 0 Å². The molecule has 0 fully saturated rings. The zero-order valence-corrected chi connectivity index (χ0v) is 8.06. The van der Waals surface area contributed by atoms with Gasteiger partial charge in [0.2, 0.25) is 5.91 Å². The molecule has 0 saturated carbocycles. The topological polar surface area (TPSA) is 41.1 Å². The van der Waals surface area contributed by atoms with Crippen molar-refractivity contribution in [3.8, 4) is 0 Å². The van der Waals surface area contributed by atoms with Gasteiger partial charge >= 0.3 is 0 Å². The Morgan fingerprint density at radius 3 is 2.77 bits per heavy atom. The lowest BCUT2D eigenvalue weighted by atomic mass is 10.1. The van der Waals surface area contributed by atoms with Crippen LogP contribution in [0.5, 0.6) is 0 Å². The lowest BCUT2D eigenvalue weighted by molar-refractivity contribution is -0.121. The first-order chi connectivity index (χ1) is 6.24. The lowest BCUT2D eigenvalue weighted by Crippen LogP contribution is -2.35. The van der Waals surface area contributed by atoms with Crippen LogP contribution in [0.25, 0.3) is 0 Å². The minimum absolute atomic E-state index is 0.101. The predicted octanol–water partition coefficient (Wildman–Crippen LogP) is 1.13. The van der Waals surface area contributed by atoms with Crippen molar-refractivity contribution >= 4 is 17.5 Å². The number of hydrogen-bond donors (Lipinski definition) is 2. The van der Waals surface area contributed by atoms with Gasteiger partial charge in [0.15, 0.2) is 0 Å². The summed E-state index contributed by atoms with van der Waals surface area (Å²) in [5, 5.41) is 0.619. The van der Waals surface area contributed by atoms with E-state index in [4.69, 9.17) is 11.6 Å². The molecule has 0 saturated heterocycles. The van der Waals surface area contributed by atoms with Crippen molar-refractivity contribution in [1.82, 2.24) is 10.9 Å². The van der Waals surface area contributed by atoms with E-state index < -0.39 is 0 Å². The second kappa shape index (κ2) is 4.84. The quantitative estimate of drug-likeness (QED) is 0.716. The minimum atomic E-state index is -0.101. The Balaban J connectivity index is 2.63. The molecule has 0 atom stereocenters. The van der Waals surface area contributed by atoms with Crippen LogP contribution in [0.4, 0.5) is 0 Å². The summed E-state index contributed by atoms with van der Waals surface area (Å²) in [7, 11) is 1.64. The van der Waals surface area contributed by atoms with E-state index in [2.05, 4.69) is 10.9 Å². The van der Waals surface area contributed by atoms with Gasteiger partial charge in [-0.15, -0.1) is 0 Å². The molecule has 4 heteroatoms. The van der Waals surface area contributed by atoms with Crippen molar-refractivity contribution in [3.63, 3.8) is 0 Å². The highest BCUT2D eigenvalue weighted by Crippen LogP contribution is 2.14. The fourth-order valence-corrected chi connectivity index (χ4v) is 1.20. The Kier molecular flexibility index (Phi) is 3.73. The number of benzene rings is 1. The van der Waals surface area contributed by atoms with Crippen LogP contribution in [-0.4, -0.2) is 13.0 Å². The van der Waals surface area contributed by atoms with Crippen LogP contribution in [-0.2, 0) is 11.2 Å².